The van der Waals surface area contributed by atoms with Gasteiger partial charge in [-0.3, -0.25) is 4.79 Å². The van der Waals surface area contributed by atoms with Gasteiger partial charge in [0.05, 0.1) is 5.56 Å². The molecule has 0 atom stereocenters. The molecule has 4 aromatic rings. The van der Waals surface area contributed by atoms with Crippen molar-refractivity contribution in [2.75, 3.05) is 6.54 Å². The van der Waals surface area contributed by atoms with E-state index in [1.165, 1.54) is 34.1 Å². The van der Waals surface area contributed by atoms with Crippen molar-refractivity contribution >= 4 is 16.8 Å². The summed E-state index contributed by atoms with van der Waals surface area (Å²) in [6.45, 7) is 1.29. The van der Waals surface area contributed by atoms with Crippen LogP contribution >= 0.6 is 0 Å². The van der Waals surface area contributed by atoms with E-state index in [9.17, 15) is 4.79 Å². The highest BCUT2D eigenvalue weighted by molar-refractivity contribution is 5.95. The maximum atomic E-state index is 12.8. The van der Waals surface area contributed by atoms with Crippen LogP contribution in [0.1, 0.15) is 21.6 Å². The molecule has 27 heavy (non-hydrogen) atoms. The molecule has 0 bridgehead atoms. The van der Waals surface area contributed by atoms with E-state index in [-0.39, 0.29) is 5.91 Å². The fourth-order valence-corrected chi connectivity index (χ4v) is 3.79. The lowest BCUT2D eigenvalue weighted by atomic mass is 9.99. The molecule has 5 heteroatoms. The van der Waals surface area contributed by atoms with E-state index in [1.54, 1.807) is 12.4 Å². The highest BCUT2D eigenvalue weighted by Gasteiger charge is 2.25. The lowest BCUT2D eigenvalue weighted by Crippen LogP contribution is -2.35. The Bertz CT molecular complexity index is 1120. The van der Waals surface area contributed by atoms with Crippen molar-refractivity contribution < 1.29 is 4.79 Å². The highest BCUT2D eigenvalue weighted by atomic mass is 16.2. The summed E-state index contributed by atoms with van der Waals surface area (Å²) in [5, 5.41) is 1.19. The summed E-state index contributed by atoms with van der Waals surface area (Å²) >= 11 is 0. The van der Waals surface area contributed by atoms with E-state index in [1.807, 2.05) is 11.0 Å². The maximum Gasteiger partial charge on any atom is 0.257 e. The Labute approximate surface area is 156 Å². The molecule has 1 aliphatic heterocycles. The Morgan fingerprint density at radius 3 is 2.63 bits per heavy atom. The minimum absolute atomic E-state index is 0.0187. The van der Waals surface area contributed by atoms with Crippen LogP contribution in [-0.2, 0) is 13.0 Å². The number of benzene rings is 2. The van der Waals surface area contributed by atoms with Gasteiger partial charge in [0.25, 0.3) is 5.91 Å². The number of aromatic nitrogens is 3. The van der Waals surface area contributed by atoms with Gasteiger partial charge in [-0.15, -0.1) is 0 Å². The van der Waals surface area contributed by atoms with E-state index in [0.717, 1.165) is 11.9 Å². The van der Waals surface area contributed by atoms with Crippen molar-refractivity contribution in [3.63, 3.8) is 0 Å². The number of amides is 1. The Morgan fingerprint density at radius 2 is 1.81 bits per heavy atom. The third-order valence-corrected chi connectivity index (χ3v) is 5.18. The van der Waals surface area contributed by atoms with Gasteiger partial charge in [0, 0.05) is 54.1 Å². The van der Waals surface area contributed by atoms with Crippen LogP contribution in [0.2, 0.25) is 0 Å². The summed E-state index contributed by atoms with van der Waals surface area (Å²) in [4.78, 5) is 26.1. The molecule has 3 heterocycles. The number of H-pyrrole nitrogens is 1. The van der Waals surface area contributed by atoms with Gasteiger partial charge in [-0.25, -0.2) is 9.97 Å². The number of carbonyl (C=O) groups is 1. The van der Waals surface area contributed by atoms with E-state index in [2.05, 4.69) is 57.4 Å². The van der Waals surface area contributed by atoms with Crippen LogP contribution in [0.5, 0.6) is 0 Å². The summed E-state index contributed by atoms with van der Waals surface area (Å²) in [7, 11) is 0. The third-order valence-electron chi connectivity index (χ3n) is 5.18. The van der Waals surface area contributed by atoms with Crippen molar-refractivity contribution in [2.45, 2.75) is 13.0 Å². The summed E-state index contributed by atoms with van der Waals surface area (Å²) in [6, 6.07) is 16.9. The summed E-state index contributed by atoms with van der Waals surface area (Å²) in [5.41, 5.74) is 6.47. The number of nitrogens with one attached hydrogen (secondary N) is 1. The van der Waals surface area contributed by atoms with Gasteiger partial charge >= 0.3 is 0 Å². The first-order valence-corrected chi connectivity index (χ1v) is 9.03. The zero-order valence-electron chi connectivity index (χ0n) is 14.7. The molecule has 0 unspecified atom stereocenters. The highest BCUT2D eigenvalue weighted by Crippen LogP contribution is 2.31. The molecule has 1 amide bonds. The average molecular weight is 354 g/mol. The van der Waals surface area contributed by atoms with Crippen LogP contribution in [0.15, 0.2) is 67.3 Å². The molecule has 0 aliphatic carbocycles. The van der Waals surface area contributed by atoms with Crippen molar-refractivity contribution in [1.29, 1.82) is 0 Å². The molecule has 2 aromatic heterocycles. The predicted molar refractivity (Wildman–Crippen MR) is 104 cm³/mol. The Balaban J connectivity index is 1.52. The van der Waals surface area contributed by atoms with E-state index in [4.69, 9.17) is 0 Å². The molecule has 2 aromatic carbocycles. The number of carbonyl (C=O) groups excluding carboxylic acids is 1. The van der Waals surface area contributed by atoms with Crippen LogP contribution in [-0.4, -0.2) is 32.3 Å². The normalized spacial score (nSPS) is 13.6. The monoisotopic (exact) mass is 354 g/mol. The maximum absolute atomic E-state index is 12.8. The van der Waals surface area contributed by atoms with Crippen LogP contribution in [0.25, 0.3) is 22.0 Å². The van der Waals surface area contributed by atoms with Crippen molar-refractivity contribution in [3.05, 3.63) is 84.1 Å². The van der Waals surface area contributed by atoms with Crippen molar-refractivity contribution in [1.82, 2.24) is 19.9 Å². The number of aromatic amines is 1. The van der Waals surface area contributed by atoms with E-state index >= 15 is 0 Å². The molecule has 5 rings (SSSR count). The molecule has 0 radical (unpaired) electrons. The summed E-state index contributed by atoms with van der Waals surface area (Å²) in [6.07, 6.45) is 5.42. The number of fused-ring (bicyclic) bond motifs is 3. The first-order valence-electron chi connectivity index (χ1n) is 9.03. The van der Waals surface area contributed by atoms with Crippen molar-refractivity contribution in [2.24, 2.45) is 0 Å². The van der Waals surface area contributed by atoms with Crippen LogP contribution in [0.4, 0.5) is 0 Å². The fourth-order valence-electron chi connectivity index (χ4n) is 3.79. The van der Waals surface area contributed by atoms with Gasteiger partial charge in [0.2, 0.25) is 0 Å². The minimum Gasteiger partial charge on any atom is -0.358 e. The second-order valence-corrected chi connectivity index (χ2v) is 6.81. The molecular formula is C22H18N4O. The molecule has 1 N–H and O–H groups in total. The first kappa shape index (κ1) is 15.8. The fraction of sp³-hybridized carbons (Fsp3) is 0.136. The Hall–Kier alpha value is -3.47. The molecule has 0 saturated heterocycles. The number of nitrogens with zero attached hydrogens (tertiary/aromatic N) is 3. The lowest BCUT2D eigenvalue weighted by Gasteiger charge is -2.27. The average Bonchev–Trinajstić information content (AvgIpc) is 3.11. The second kappa shape index (κ2) is 6.36. The Kier molecular flexibility index (Phi) is 3.71. The summed E-state index contributed by atoms with van der Waals surface area (Å²) < 4.78 is 0. The van der Waals surface area contributed by atoms with Crippen LogP contribution < -0.4 is 0 Å². The zero-order valence-corrected chi connectivity index (χ0v) is 14.7. The molecule has 132 valence electrons. The number of hydrogen-bond acceptors (Lipinski definition) is 3. The molecule has 1 aliphatic rings. The third kappa shape index (κ3) is 2.77. The largest absolute Gasteiger partial charge is 0.358 e. The van der Waals surface area contributed by atoms with E-state index in [0.29, 0.717) is 18.7 Å². The van der Waals surface area contributed by atoms with Crippen LogP contribution in [0.3, 0.4) is 0 Å². The van der Waals surface area contributed by atoms with Crippen molar-refractivity contribution in [3.8, 4) is 11.1 Å². The number of hydrogen-bond donors (Lipinski definition) is 1. The van der Waals surface area contributed by atoms with E-state index < -0.39 is 0 Å². The Morgan fingerprint density at radius 1 is 1.00 bits per heavy atom. The van der Waals surface area contributed by atoms with Gasteiger partial charge in [0.15, 0.2) is 0 Å². The van der Waals surface area contributed by atoms with Gasteiger partial charge in [-0.05, 0) is 23.3 Å². The topological polar surface area (TPSA) is 61.9 Å². The smallest absolute Gasteiger partial charge is 0.257 e. The van der Waals surface area contributed by atoms with Gasteiger partial charge in [-0.2, -0.15) is 0 Å². The van der Waals surface area contributed by atoms with Gasteiger partial charge in [0.1, 0.15) is 6.33 Å². The molecule has 0 fully saturated rings. The molecule has 5 nitrogen and oxygen atoms in total. The predicted octanol–water partition coefficient (Wildman–Crippen LogP) is 3.82. The minimum atomic E-state index is -0.0187. The van der Waals surface area contributed by atoms with Gasteiger partial charge < -0.3 is 9.88 Å². The summed E-state index contributed by atoms with van der Waals surface area (Å²) in [5.74, 6) is -0.0187. The molecule has 0 spiro atoms. The van der Waals surface area contributed by atoms with Crippen LogP contribution in [0, 0.1) is 0 Å². The van der Waals surface area contributed by atoms with Gasteiger partial charge in [-0.1, -0.05) is 36.4 Å². The first-order chi connectivity index (χ1) is 13.3. The second-order valence-electron chi connectivity index (χ2n) is 6.81. The molecular weight excluding hydrogens is 336 g/mol. The molecule has 0 saturated carbocycles. The zero-order chi connectivity index (χ0) is 18.2. The standard InChI is InChI=1S/C22H18N4O/c27-22(17-11-23-14-24-12-17)26-9-8-21-19(13-26)18-10-16(6-7-20(18)25-21)15-4-2-1-3-5-15/h1-7,10-12,14,25H,8-9,13H2. The number of rotatable bonds is 2. The lowest BCUT2D eigenvalue weighted by molar-refractivity contribution is 0.0734. The quantitative estimate of drug-likeness (QED) is 0.595. The SMILES string of the molecule is O=C(c1cncnc1)N1CCc2[nH]c3ccc(-c4ccccc4)cc3c2C1.